The van der Waals surface area contributed by atoms with E-state index >= 15 is 0 Å². The molecule has 0 aliphatic carbocycles. The molecular formula is C17H19NO2. The lowest BCUT2D eigenvalue weighted by Gasteiger charge is -2.10. The molecule has 0 spiro atoms. The van der Waals surface area contributed by atoms with Crippen LogP contribution in [-0.4, -0.2) is 18.3 Å². The molecule has 0 heterocycles. The Hall–Kier alpha value is -2.16. The molecule has 0 radical (unpaired) electrons. The van der Waals surface area contributed by atoms with Gasteiger partial charge in [-0.1, -0.05) is 42.5 Å². The molecule has 2 aromatic carbocycles. The molecule has 0 saturated heterocycles. The van der Waals surface area contributed by atoms with Gasteiger partial charge in [-0.3, -0.25) is 4.99 Å². The van der Waals surface area contributed by atoms with Crippen molar-refractivity contribution in [2.24, 2.45) is 4.99 Å². The van der Waals surface area contributed by atoms with E-state index in [1.54, 1.807) is 0 Å². The van der Waals surface area contributed by atoms with Crippen LogP contribution in [0, 0.1) is 0 Å². The van der Waals surface area contributed by atoms with Gasteiger partial charge in [-0.25, -0.2) is 4.79 Å². The molecular weight excluding hydrogens is 250 g/mol. The third kappa shape index (κ3) is 3.44. The number of benzene rings is 2. The van der Waals surface area contributed by atoms with Crippen LogP contribution in [0.25, 0.3) is 10.8 Å². The van der Waals surface area contributed by atoms with Crippen molar-refractivity contribution in [3.05, 3.63) is 48.0 Å². The Bertz CT molecular complexity index is 626. The van der Waals surface area contributed by atoms with Gasteiger partial charge in [0, 0.05) is 0 Å². The maximum absolute atomic E-state index is 11.5. The summed E-state index contributed by atoms with van der Waals surface area (Å²) in [5.41, 5.74) is 1.11. The molecule has 3 nitrogen and oxygen atoms in total. The van der Waals surface area contributed by atoms with E-state index in [0.29, 0.717) is 0 Å². The van der Waals surface area contributed by atoms with Gasteiger partial charge in [0.05, 0.1) is 12.1 Å². The normalized spacial score (nSPS) is 13.0. The van der Waals surface area contributed by atoms with Gasteiger partial charge in [0.2, 0.25) is 0 Å². The highest BCUT2D eigenvalue weighted by Crippen LogP contribution is 2.25. The number of carbonyl (C=O) groups is 1. The Labute approximate surface area is 119 Å². The average molecular weight is 269 g/mol. The summed E-state index contributed by atoms with van der Waals surface area (Å²) >= 11 is 0. The molecule has 0 bridgehead atoms. The van der Waals surface area contributed by atoms with Crippen LogP contribution in [-0.2, 0) is 9.53 Å². The van der Waals surface area contributed by atoms with E-state index in [0.717, 1.165) is 10.9 Å². The summed E-state index contributed by atoms with van der Waals surface area (Å²) in [5.74, 6) is -0.396. The number of hydrogen-bond donors (Lipinski definition) is 0. The number of esters is 1. The van der Waals surface area contributed by atoms with Gasteiger partial charge in [-0.05, 0) is 37.1 Å². The van der Waals surface area contributed by atoms with E-state index in [2.05, 4.69) is 23.2 Å². The third-order valence-electron chi connectivity index (χ3n) is 3.03. The molecule has 1 atom stereocenters. The van der Waals surface area contributed by atoms with Crippen LogP contribution in [0.2, 0.25) is 0 Å². The van der Waals surface area contributed by atoms with Crippen LogP contribution in [0.3, 0.4) is 0 Å². The second-order valence-electron chi connectivity index (χ2n) is 5.01. The zero-order valence-corrected chi connectivity index (χ0v) is 12.0. The minimum absolute atomic E-state index is 0.0826. The van der Waals surface area contributed by atoms with Crippen molar-refractivity contribution in [3.8, 4) is 0 Å². The van der Waals surface area contributed by atoms with Crippen molar-refractivity contribution < 1.29 is 9.53 Å². The number of rotatable bonds is 4. The van der Waals surface area contributed by atoms with Gasteiger partial charge >= 0.3 is 5.97 Å². The second-order valence-corrected chi connectivity index (χ2v) is 5.01. The zero-order chi connectivity index (χ0) is 14.5. The van der Waals surface area contributed by atoms with Crippen LogP contribution < -0.4 is 0 Å². The van der Waals surface area contributed by atoms with Gasteiger partial charge in [0.25, 0.3) is 0 Å². The zero-order valence-electron chi connectivity index (χ0n) is 12.0. The van der Waals surface area contributed by atoms with Crippen LogP contribution in [0.4, 0.5) is 0 Å². The predicted molar refractivity (Wildman–Crippen MR) is 82.1 cm³/mol. The highest BCUT2D eigenvalue weighted by molar-refractivity contribution is 6.23. The van der Waals surface area contributed by atoms with Crippen molar-refractivity contribution in [1.82, 2.24) is 0 Å². The van der Waals surface area contributed by atoms with Crippen LogP contribution >= 0.6 is 0 Å². The predicted octanol–water partition coefficient (Wildman–Crippen LogP) is 3.92. The molecule has 2 aromatic rings. The molecule has 2 rings (SSSR count). The lowest BCUT2D eigenvalue weighted by atomic mass is 10.0. The molecule has 0 aliphatic heterocycles. The van der Waals surface area contributed by atoms with Crippen molar-refractivity contribution in [2.75, 3.05) is 0 Å². The Balaban J connectivity index is 2.21. The molecule has 0 N–H and O–H groups in total. The Morgan fingerprint density at radius 1 is 1.10 bits per heavy atom. The highest BCUT2D eigenvalue weighted by atomic mass is 16.5. The van der Waals surface area contributed by atoms with E-state index in [4.69, 9.17) is 4.74 Å². The van der Waals surface area contributed by atoms with E-state index in [1.165, 1.54) is 11.6 Å². The maximum atomic E-state index is 11.5. The first-order chi connectivity index (χ1) is 9.58. The number of carbonyl (C=O) groups excluding carboxylic acids is 1. The summed E-state index contributed by atoms with van der Waals surface area (Å²) in [4.78, 5) is 15.8. The standard InChI is InChI=1S/C17H19NO2/c1-12(2)20-17(19)11-18-13(3)15-10-6-8-14-7-4-5-9-16(14)15/h4-13H,1-3H3. The Morgan fingerprint density at radius 3 is 2.55 bits per heavy atom. The summed E-state index contributed by atoms with van der Waals surface area (Å²) in [7, 11) is 0. The molecule has 3 heteroatoms. The first-order valence-electron chi connectivity index (χ1n) is 6.79. The van der Waals surface area contributed by atoms with Crippen molar-refractivity contribution >= 4 is 23.0 Å². The Kier molecular flexibility index (Phi) is 4.51. The summed E-state index contributed by atoms with van der Waals surface area (Å²) in [5, 5.41) is 2.34. The van der Waals surface area contributed by atoms with Gasteiger partial charge in [-0.15, -0.1) is 0 Å². The summed E-state index contributed by atoms with van der Waals surface area (Å²) < 4.78 is 5.04. The molecule has 0 saturated carbocycles. The van der Waals surface area contributed by atoms with Crippen molar-refractivity contribution in [3.63, 3.8) is 0 Å². The van der Waals surface area contributed by atoms with E-state index in [-0.39, 0.29) is 12.1 Å². The maximum Gasteiger partial charge on any atom is 0.349 e. The summed E-state index contributed by atoms with van der Waals surface area (Å²) in [6.45, 7) is 5.61. The van der Waals surface area contributed by atoms with E-state index < -0.39 is 5.97 Å². The van der Waals surface area contributed by atoms with E-state index in [1.807, 2.05) is 45.0 Å². The lowest BCUT2D eigenvalue weighted by molar-refractivity contribution is -0.138. The lowest BCUT2D eigenvalue weighted by Crippen LogP contribution is -2.12. The fraction of sp³-hybridized carbons (Fsp3) is 0.294. The van der Waals surface area contributed by atoms with Crippen LogP contribution in [0.1, 0.15) is 32.4 Å². The van der Waals surface area contributed by atoms with Crippen molar-refractivity contribution in [1.29, 1.82) is 0 Å². The summed E-state index contributed by atoms with van der Waals surface area (Å²) in [6, 6.07) is 14.2. The monoisotopic (exact) mass is 269 g/mol. The van der Waals surface area contributed by atoms with Gasteiger partial charge in [-0.2, -0.15) is 0 Å². The molecule has 0 amide bonds. The molecule has 104 valence electrons. The minimum Gasteiger partial charge on any atom is -0.459 e. The largest absolute Gasteiger partial charge is 0.459 e. The number of fused-ring (bicyclic) bond motifs is 1. The number of nitrogens with zero attached hydrogens (tertiary/aromatic N) is 1. The third-order valence-corrected chi connectivity index (χ3v) is 3.03. The molecule has 20 heavy (non-hydrogen) atoms. The molecule has 0 aliphatic rings. The smallest absolute Gasteiger partial charge is 0.349 e. The minimum atomic E-state index is -0.396. The van der Waals surface area contributed by atoms with Gasteiger partial charge in [0.1, 0.15) is 6.21 Å². The molecule has 0 aromatic heterocycles. The second kappa shape index (κ2) is 6.33. The Morgan fingerprint density at radius 2 is 1.80 bits per heavy atom. The van der Waals surface area contributed by atoms with Gasteiger partial charge in [0.15, 0.2) is 0 Å². The van der Waals surface area contributed by atoms with Crippen LogP contribution in [0.5, 0.6) is 0 Å². The number of ether oxygens (including phenoxy) is 1. The molecule has 0 fully saturated rings. The SMILES string of the molecule is CC(C)OC(=O)C=NC(C)c1cccc2ccccc12. The van der Waals surface area contributed by atoms with Gasteiger partial charge < -0.3 is 4.74 Å². The van der Waals surface area contributed by atoms with Crippen LogP contribution in [0.15, 0.2) is 47.5 Å². The molecule has 1 unspecified atom stereocenters. The van der Waals surface area contributed by atoms with E-state index in [9.17, 15) is 4.79 Å². The first-order valence-corrected chi connectivity index (χ1v) is 6.79. The fourth-order valence-electron chi connectivity index (χ4n) is 2.13. The average Bonchev–Trinajstić information content (AvgIpc) is 2.43. The summed E-state index contributed by atoms with van der Waals surface area (Å²) in [6.07, 6.45) is 1.15. The quantitative estimate of drug-likeness (QED) is 0.623. The fourth-order valence-corrected chi connectivity index (χ4v) is 2.13. The first kappa shape index (κ1) is 14.3. The highest BCUT2D eigenvalue weighted by Gasteiger charge is 2.08. The topological polar surface area (TPSA) is 38.7 Å². The van der Waals surface area contributed by atoms with Crippen molar-refractivity contribution in [2.45, 2.75) is 32.9 Å². The number of hydrogen-bond acceptors (Lipinski definition) is 3. The number of aliphatic imine (C=N–C) groups is 1.